The van der Waals surface area contributed by atoms with Crippen LogP contribution in [-0.2, 0) is 6.42 Å². The van der Waals surface area contributed by atoms with Crippen molar-refractivity contribution in [1.29, 1.82) is 0 Å². The first-order valence-electron chi connectivity index (χ1n) is 3.75. The maximum Gasteiger partial charge on any atom is 0.340 e. The maximum atomic E-state index is 10.7. The molecule has 64 valence electrons. The van der Waals surface area contributed by atoms with E-state index in [-0.39, 0.29) is 0 Å². The molecule has 1 aromatic heterocycles. The molecular weight excluding hydrogens is 176 g/mol. The summed E-state index contributed by atoms with van der Waals surface area (Å²) in [5.74, 6) is -0.298. The van der Waals surface area contributed by atoms with Crippen LogP contribution in [0.5, 0.6) is 5.75 Å². The molecule has 0 unspecified atom stereocenters. The molecule has 0 fully saturated rings. The molecule has 1 N–H and O–H groups in total. The minimum Gasteiger partial charge on any atom is -0.492 e. The second-order valence-electron chi connectivity index (χ2n) is 2.66. The van der Waals surface area contributed by atoms with Crippen LogP contribution in [0.2, 0.25) is 0 Å². The Hall–Kier alpha value is -1.03. The summed E-state index contributed by atoms with van der Waals surface area (Å²) >= 11 is 1.47. The van der Waals surface area contributed by atoms with Crippen LogP contribution in [0.3, 0.4) is 0 Å². The third-order valence-electron chi connectivity index (χ3n) is 1.84. The van der Waals surface area contributed by atoms with Crippen LogP contribution < -0.4 is 4.74 Å². The van der Waals surface area contributed by atoms with E-state index in [2.05, 4.69) is 0 Å². The van der Waals surface area contributed by atoms with Gasteiger partial charge in [0.25, 0.3) is 0 Å². The van der Waals surface area contributed by atoms with E-state index in [1.165, 1.54) is 11.3 Å². The van der Waals surface area contributed by atoms with Gasteiger partial charge in [0.15, 0.2) is 0 Å². The first-order chi connectivity index (χ1) is 5.79. The van der Waals surface area contributed by atoms with Gasteiger partial charge in [-0.2, -0.15) is 0 Å². The fraction of sp³-hybridized carbons (Fsp3) is 0.375. The lowest BCUT2D eigenvalue weighted by molar-refractivity contribution is 0.0692. The number of aryl methyl sites for hydroxylation is 1. The summed E-state index contributed by atoms with van der Waals surface area (Å²) in [7, 11) is 0. The molecule has 0 saturated carbocycles. The molecule has 1 aliphatic rings. The number of carboxylic acids is 1. The molecule has 0 amide bonds. The van der Waals surface area contributed by atoms with Crippen molar-refractivity contribution in [2.75, 3.05) is 6.61 Å². The normalized spacial score (nSPS) is 15.0. The van der Waals surface area contributed by atoms with Gasteiger partial charge < -0.3 is 9.84 Å². The Morgan fingerprint density at radius 3 is 3.25 bits per heavy atom. The van der Waals surface area contributed by atoms with Gasteiger partial charge >= 0.3 is 5.97 Å². The number of thiophene rings is 1. The first-order valence-corrected chi connectivity index (χ1v) is 4.63. The quantitative estimate of drug-likeness (QED) is 0.723. The van der Waals surface area contributed by atoms with Crippen LogP contribution in [0.25, 0.3) is 0 Å². The van der Waals surface area contributed by atoms with E-state index in [0.29, 0.717) is 17.9 Å². The van der Waals surface area contributed by atoms with Crippen molar-refractivity contribution in [2.45, 2.75) is 12.8 Å². The highest BCUT2D eigenvalue weighted by molar-refractivity contribution is 7.10. The molecule has 1 aliphatic heterocycles. The fourth-order valence-electron chi connectivity index (χ4n) is 1.27. The number of rotatable bonds is 1. The largest absolute Gasteiger partial charge is 0.492 e. The molecule has 0 radical (unpaired) electrons. The minimum absolute atomic E-state index is 0.315. The summed E-state index contributed by atoms with van der Waals surface area (Å²) in [4.78, 5) is 11.7. The third kappa shape index (κ3) is 1.08. The van der Waals surface area contributed by atoms with E-state index in [1.54, 1.807) is 5.38 Å². The SMILES string of the molecule is O=C(O)c1csc2c1OCCC2. The lowest BCUT2D eigenvalue weighted by Gasteiger charge is -2.13. The predicted octanol–water partition coefficient (Wildman–Crippen LogP) is 1.77. The van der Waals surface area contributed by atoms with Gasteiger partial charge in [-0.05, 0) is 12.8 Å². The molecule has 0 aromatic carbocycles. The zero-order valence-corrected chi connectivity index (χ0v) is 7.19. The zero-order valence-electron chi connectivity index (χ0n) is 6.37. The molecule has 1 aromatic rings. The van der Waals surface area contributed by atoms with Crippen molar-refractivity contribution in [3.63, 3.8) is 0 Å². The van der Waals surface area contributed by atoms with Crippen molar-refractivity contribution < 1.29 is 14.6 Å². The number of fused-ring (bicyclic) bond motifs is 1. The Bertz CT molecular complexity index is 316. The summed E-state index contributed by atoms with van der Waals surface area (Å²) in [6, 6.07) is 0. The lowest BCUT2D eigenvalue weighted by Crippen LogP contribution is -2.08. The van der Waals surface area contributed by atoms with Gasteiger partial charge in [-0.15, -0.1) is 11.3 Å². The predicted molar refractivity (Wildman–Crippen MR) is 45.1 cm³/mol. The average molecular weight is 184 g/mol. The molecule has 0 saturated heterocycles. The van der Waals surface area contributed by atoms with Gasteiger partial charge in [0.05, 0.1) is 6.61 Å². The summed E-state index contributed by atoms with van der Waals surface area (Å²) < 4.78 is 5.29. The molecule has 4 heteroatoms. The number of aromatic carboxylic acids is 1. The summed E-state index contributed by atoms with van der Waals surface area (Å²) in [6.07, 6.45) is 1.94. The standard InChI is InChI=1S/C8H8O3S/c9-8(10)5-4-12-6-2-1-3-11-7(5)6/h4H,1-3H2,(H,9,10). The van der Waals surface area contributed by atoms with E-state index in [9.17, 15) is 4.79 Å². The van der Waals surface area contributed by atoms with Crippen LogP contribution in [0.4, 0.5) is 0 Å². The molecule has 2 rings (SSSR count). The van der Waals surface area contributed by atoms with Gasteiger partial charge in [0.2, 0.25) is 0 Å². The number of ether oxygens (including phenoxy) is 1. The molecule has 12 heavy (non-hydrogen) atoms. The van der Waals surface area contributed by atoms with Crippen molar-refractivity contribution in [2.24, 2.45) is 0 Å². The van der Waals surface area contributed by atoms with E-state index >= 15 is 0 Å². The highest BCUT2D eigenvalue weighted by Crippen LogP contribution is 2.34. The van der Waals surface area contributed by atoms with Crippen molar-refractivity contribution in [3.8, 4) is 5.75 Å². The third-order valence-corrected chi connectivity index (χ3v) is 2.87. The topological polar surface area (TPSA) is 46.5 Å². The highest BCUT2D eigenvalue weighted by atomic mass is 32.1. The molecule has 2 heterocycles. The smallest absolute Gasteiger partial charge is 0.340 e. The van der Waals surface area contributed by atoms with Crippen LogP contribution in [0.1, 0.15) is 21.7 Å². The van der Waals surface area contributed by atoms with Crippen molar-refractivity contribution in [3.05, 3.63) is 15.8 Å². The van der Waals surface area contributed by atoms with E-state index < -0.39 is 5.97 Å². The first kappa shape index (κ1) is 7.61. The van der Waals surface area contributed by atoms with Gasteiger partial charge in [-0.1, -0.05) is 0 Å². The Balaban J connectivity index is 2.44. The van der Waals surface area contributed by atoms with Gasteiger partial charge in [-0.25, -0.2) is 4.79 Å². The molecule has 0 aliphatic carbocycles. The van der Waals surface area contributed by atoms with Crippen LogP contribution in [0.15, 0.2) is 5.38 Å². The van der Waals surface area contributed by atoms with E-state index in [0.717, 1.165) is 17.7 Å². The zero-order chi connectivity index (χ0) is 8.55. The van der Waals surface area contributed by atoms with Crippen LogP contribution >= 0.6 is 11.3 Å². The highest BCUT2D eigenvalue weighted by Gasteiger charge is 2.20. The van der Waals surface area contributed by atoms with Crippen LogP contribution in [-0.4, -0.2) is 17.7 Å². The molecular formula is C8H8O3S. The Morgan fingerprint density at radius 2 is 2.50 bits per heavy atom. The Kier molecular flexibility index (Phi) is 1.77. The second-order valence-corrected chi connectivity index (χ2v) is 3.62. The van der Waals surface area contributed by atoms with E-state index in [1.807, 2.05) is 0 Å². The molecule has 0 atom stereocenters. The average Bonchev–Trinajstić information content (AvgIpc) is 2.47. The summed E-state index contributed by atoms with van der Waals surface area (Å²) in [5.41, 5.74) is 0.315. The Morgan fingerprint density at radius 1 is 1.67 bits per heavy atom. The second kappa shape index (κ2) is 2.79. The monoisotopic (exact) mass is 184 g/mol. The summed E-state index contributed by atoms with van der Waals surface area (Å²) in [5, 5.41) is 10.4. The maximum absolute atomic E-state index is 10.7. The Labute approximate surface area is 73.6 Å². The number of hydrogen-bond donors (Lipinski definition) is 1. The van der Waals surface area contributed by atoms with Crippen molar-refractivity contribution in [1.82, 2.24) is 0 Å². The summed E-state index contributed by atoms with van der Waals surface area (Å²) in [6.45, 7) is 0.643. The fourth-order valence-corrected chi connectivity index (χ4v) is 2.28. The number of hydrogen-bond acceptors (Lipinski definition) is 3. The molecule has 3 nitrogen and oxygen atoms in total. The lowest BCUT2D eigenvalue weighted by atomic mass is 10.2. The van der Waals surface area contributed by atoms with E-state index in [4.69, 9.17) is 9.84 Å². The number of carbonyl (C=O) groups is 1. The van der Waals surface area contributed by atoms with Gasteiger partial charge in [-0.3, -0.25) is 0 Å². The minimum atomic E-state index is -0.894. The molecule has 0 bridgehead atoms. The van der Waals surface area contributed by atoms with Crippen LogP contribution in [0, 0.1) is 0 Å². The van der Waals surface area contributed by atoms with Gasteiger partial charge in [0.1, 0.15) is 11.3 Å². The van der Waals surface area contributed by atoms with Crippen molar-refractivity contribution >= 4 is 17.3 Å². The number of carboxylic acid groups (broad SMARTS) is 1. The van der Waals surface area contributed by atoms with Gasteiger partial charge in [0, 0.05) is 10.3 Å². The molecule has 0 spiro atoms.